The van der Waals surface area contributed by atoms with Crippen molar-refractivity contribution in [1.29, 1.82) is 0 Å². The molecule has 5 rings (SSSR count). The molecular formula is C32H36FNO. The van der Waals surface area contributed by atoms with Crippen molar-refractivity contribution < 1.29 is 9.18 Å². The van der Waals surface area contributed by atoms with E-state index in [9.17, 15) is 9.18 Å². The van der Waals surface area contributed by atoms with Crippen LogP contribution in [0.1, 0.15) is 69.1 Å². The Labute approximate surface area is 209 Å². The van der Waals surface area contributed by atoms with E-state index in [0.717, 1.165) is 56.9 Å². The number of nitrogens with one attached hydrogen (secondary N) is 1. The quantitative estimate of drug-likeness (QED) is 0.382. The van der Waals surface area contributed by atoms with Gasteiger partial charge < -0.3 is 5.32 Å². The molecule has 0 saturated heterocycles. The van der Waals surface area contributed by atoms with Gasteiger partial charge in [-0.1, -0.05) is 74.5 Å². The van der Waals surface area contributed by atoms with Crippen LogP contribution < -0.4 is 5.32 Å². The highest BCUT2D eigenvalue weighted by Crippen LogP contribution is 2.63. The summed E-state index contributed by atoms with van der Waals surface area (Å²) in [6, 6.07) is 15.5. The minimum absolute atomic E-state index is 0.107. The number of hydrogen-bond acceptors (Lipinski definition) is 1. The molecule has 182 valence electrons. The molecule has 1 N–H and O–H groups in total. The van der Waals surface area contributed by atoms with Crippen molar-refractivity contribution in [3.63, 3.8) is 0 Å². The van der Waals surface area contributed by atoms with Gasteiger partial charge in [-0.3, -0.25) is 4.79 Å². The van der Waals surface area contributed by atoms with Gasteiger partial charge in [0.1, 0.15) is 5.82 Å². The molecule has 0 heterocycles. The molecule has 2 atom stereocenters. The van der Waals surface area contributed by atoms with Gasteiger partial charge in [-0.25, -0.2) is 4.39 Å². The lowest BCUT2D eigenvalue weighted by molar-refractivity contribution is -0.110. The second-order valence-electron chi connectivity index (χ2n) is 11.3. The number of amides is 1. The van der Waals surface area contributed by atoms with E-state index in [1.807, 2.05) is 18.2 Å². The van der Waals surface area contributed by atoms with E-state index in [0.29, 0.717) is 0 Å². The maximum atomic E-state index is 13.4. The largest absolute Gasteiger partial charge is 0.349 e. The molecule has 2 unspecified atom stereocenters. The maximum Gasteiger partial charge on any atom is 0.207 e. The van der Waals surface area contributed by atoms with E-state index >= 15 is 0 Å². The normalized spacial score (nSPS) is 26.7. The van der Waals surface area contributed by atoms with Crippen molar-refractivity contribution in [2.24, 2.45) is 10.8 Å². The van der Waals surface area contributed by atoms with E-state index in [4.69, 9.17) is 0 Å². The van der Waals surface area contributed by atoms with Gasteiger partial charge in [-0.05, 0) is 102 Å². The predicted molar refractivity (Wildman–Crippen MR) is 140 cm³/mol. The van der Waals surface area contributed by atoms with Gasteiger partial charge >= 0.3 is 0 Å². The number of rotatable bonds is 9. The van der Waals surface area contributed by atoms with Crippen molar-refractivity contribution in [2.45, 2.75) is 70.8 Å². The molecule has 0 radical (unpaired) electrons. The second kappa shape index (κ2) is 8.93. The molecule has 0 aliphatic heterocycles. The molecule has 35 heavy (non-hydrogen) atoms. The van der Waals surface area contributed by atoms with Gasteiger partial charge in [0.05, 0.1) is 5.54 Å². The number of aryl methyl sites for hydroxylation is 1. The van der Waals surface area contributed by atoms with Gasteiger partial charge in [-0.15, -0.1) is 0 Å². The van der Waals surface area contributed by atoms with Crippen LogP contribution in [0.2, 0.25) is 0 Å². The van der Waals surface area contributed by atoms with Gasteiger partial charge in [0.25, 0.3) is 0 Å². The summed E-state index contributed by atoms with van der Waals surface area (Å²) in [7, 11) is 0. The third-order valence-corrected chi connectivity index (χ3v) is 9.41. The van der Waals surface area contributed by atoms with Crippen molar-refractivity contribution >= 4 is 6.41 Å². The fourth-order valence-corrected chi connectivity index (χ4v) is 6.64. The zero-order chi connectivity index (χ0) is 24.7. The molecule has 2 aromatic rings. The number of hydrogen-bond donors (Lipinski definition) is 1. The maximum absolute atomic E-state index is 13.4. The lowest BCUT2D eigenvalue weighted by Crippen LogP contribution is -2.36. The number of carbonyl (C=O) groups is 1. The van der Waals surface area contributed by atoms with Gasteiger partial charge in [0.15, 0.2) is 0 Å². The summed E-state index contributed by atoms with van der Waals surface area (Å²) in [6.07, 6.45) is 13.6. The average Bonchev–Trinajstić information content (AvgIpc) is 3.60. The number of allylic oxidation sites excluding steroid dienone is 5. The standard InChI is InChI=1S/C32H36FNO/c1-4-24-21-31(3)27(20-26(24)19-23-9-11-28(33)12-10-23)14-16-30(31,2)15-13-25-7-5-6-8-29(25)32(17-18-32)34-22-35/h4-12,20,22H,1,13-19,21H2,2-3H3,(H,34,35). The first-order valence-corrected chi connectivity index (χ1v) is 12.9. The number of halogens is 1. The lowest BCUT2D eigenvalue weighted by atomic mass is 9.59. The highest BCUT2D eigenvalue weighted by molar-refractivity contribution is 5.53. The minimum Gasteiger partial charge on any atom is -0.349 e. The predicted octanol–water partition coefficient (Wildman–Crippen LogP) is 7.36. The summed E-state index contributed by atoms with van der Waals surface area (Å²) in [6.45, 7) is 9.08. The van der Waals surface area contributed by atoms with Crippen LogP contribution in [0.5, 0.6) is 0 Å². The first-order valence-electron chi connectivity index (χ1n) is 12.9. The molecule has 0 bridgehead atoms. The zero-order valence-corrected chi connectivity index (χ0v) is 21.0. The Kier molecular flexibility index (Phi) is 6.07. The molecule has 3 aliphatic rings. The SMILES string of the molecule is C=CC1=C(Cc2ccc(F)cc2)C=C2CCC(C)(CCc3ccccc3C3(NC=O)CC3)C2(C)C1. The molecule has 2 nitrogen and oxygen atoms in total. The third-order valence-electron chi connectivity index (χ3n) is 9.41. The topological polar surface area (TPSA) is 29.1 Å². The lowest BCUT2D eigenvalue weighted by Gasteiger charge is -2.45. The van der Waals surface area contributed by atoms with E-state index in [1.54, 1.807) is 17.7 Å². The summed E-state index contributed by atoms with van der Waals surface area (Å²) < 4.78 is 13.4. The molecule has 2 fully saturated rings. The third kappa shape index (κ3) is 4.20. The molecule has 2 aromatic carbocycles. The van der Waals surface area contributed by atoms with Crippen LogP contribution in [0, 0.1) is 16.6 Å². The van der Waals surface area contributed by atoms with Crippen molar-refractivity contribution in [2.75, 3.05) is 0 Å². The number of fused-ring (bicyclic) bond motifs is 1. The monoisotopic (exact) mass is 469 g/mol. The minimum atomic E-state index is -0.191. The number of benzene rings is 2. The Hall–Kier alpha value is -2.94. The fourth-order valence-electron chi connectivity index (χ4n) is 6.64. The Morgan fingerprint density at radius 3 is 2.49 bits per heavy atom. The van der Waals surface area contributed by atoms with Crippen LogP contribution in [-0.4, -0.2) is 6.41 Å². The Morgan fingerprint density at radius 2 is 1.80 bits per heavy atom. The summed E-state index contributed by atoms with van der Waals surface area (Å²) >= 11 is 0. The molecule has 3 heteroatoms. The van der Waals surface area contributed by atoms with Crippen molar-refractivity contribution in [1.82, 2.24) is 5.32 Å². The van der Waals surface area contributed by atoms with E-state index in [2.05, 4.69) is 56.1 Å². The van der Waals surface area contributed by atoms with Gasteiger partial charge in [0.2, 0.25) is 6.41 Å². The highest BCUT2D eigenvalue weighted by atomic mass is 19.1. The summed E-state index contributed by atoms with van der Waals surface area (Å²) in [5.74, 6) is -0.191. The Morgan fingerprint density at radius 1 is 1.06 bits per heavy atom. The summed E-state index contributed by atoms with van der Waals surface area (Å²) in [4.78, 5) is 11.2. The van der Waals surface area contributed by atoms with Crippen LogP contribution in [0.15, 0.2) is 84.0 Å². The first-order chi connectivity index (χ1) is 16.8. The van der Waals surface area contributed by atoms with E-state index in [1.165, 1.54) is 28.7 Å². The Bertz CT molecular complexity index is 1200. The average molecular weight is 470 g/mol. The smallest absolute Gasteiger partial charge is 0.207 e. The molecule has 3 aliphatic carbocycles. The van der Waals surface area contributed by atoms with E-state index < -0.39 is 0 Å². The van der Waals surface area contributed by atoms with Crippen LogP contribution in [0.4, 0.5) is 4.39 Å². The van der Waals surface area contributed by atoms with Crippen molar-refractivity contribution in [3.05, 3.63) is 106 Å². The van der Waals surface area contributed by atoms with Gasteiger partial charge in [-0.2, -0.15) is 0 Å². The Balaban J connectivity index is 1.37. The molecule has 1 amide bonds. The summed E-state index contributed by atoms with van der Waals surface area (Å²) in [5, 5.41) is 3.09. The van der Waals surface area contributed by atoms with E-state index in [-0.39, 0.29) is 22.2 Å². The first kappa shape index (κ1) is 23.8. The fraction of sp³-hybridized carbons (Fsp3) is 0.406. The molecular weight excluding hydrogens is 433 g/mol. The van der Waals surface area contributed by atoms with Crippen molar-refractivity contribution in [3.8, 4) is 0 Å². The van der Waals surface area contributed by atoms with Crippen LogP contribution in [0.25, 0.3) is 0 Å². The van der Waals surface area contributed by atoms with Crippen LogP contribution in [-0.2, 0) is 23.2 Å². The number of carbonyl (C=O) groups excluding carboxylic acids is 1. The zero-order valence-electron chi connectivity index (χ0n) is 21.0. The molecule has 0 spiro atoms. The second-order valence-corrected chi connectivity index (χ2v) is 11.3. The highest BCUT2D eigenvalue weighted by Gasteiger charge is 2.52. The van der Waals surface area contributed by atoms with Gasteiger partial charge in [0, 0.05) is 0 Å². The molecule has 2 saturated carbocycles. The van der Waals surface area contributed by atoms with Crippen LogP contribution >= 0.6 is 0 Å². The summed E-state index contributed by atoms with van der Waals surface area (Å²) in [5.41, 5.74) is 8.15. The molecule has 0 aromatic heterocycles. The van der Waals surface area contributed by atoms with Crippen LogP contribution in [0.3, 0.4) is 0 Å².